The number of fused-ring (bicyclic) bond motifs is 1. The Bertz CT molecular complexity index is 1210. The van der Waals surface area contributed by atoms with Crippen LogP contribution in [-0.2, 0) is 11.3 Å². The summed E-state index contributed by atoms with van der Waals surface area (Å²) >= 11 is 0. The van der Waals surface area contributed by atoms with Crippen molar-refractivity contribution in [3.05, 3.63) is 72.6 Å². The molecule has 7 nitrogen and oxygen atoms in total. The van der Waals surface area contributed by atoms with Crippen LogP contribution in [0.5, 0.6) is 11.6 Å². The number of H-pyrrole nitrogens is 1. The SMILES string of the molecule is NC(=O)C1CCN(Cc2ccc3cc(Oc4ccc(-c5ccn[nH]5)cn4)ccc3c2)CC1. The first kappa shape index (κ1) is 20.2. The van der Waals surface area contributed by atoms with Crippen LogP contribution in [0.4, 0.5) is 0 Å². The average Bonchev–Trinajstić information content (AvgIpc) is 3.35. The molecule has 3 heterocycles. The maximum atomic E-state index is 11.4. The number of aromatic amines is 1. The third kappa shape index (κ3) is 4.48. The fourth-order valence-electron chi connectivity index (χ4n) is 4.21. The number of amides is 1. The van der Waals surface area contributed by atoms with Crippen molar-refractivity contribution in [3.8, 4) is 22.9 Å². The predicted octanol–water partition coefficient (Wildman–Crippen LogP) is 4.11. The van der Waals surface area contributed by atoms with Crippen LogP contribution in [-0.4, -0.2) is 39.1 Å². The van der Waals surface area contributed by atoms with E-state index in [9.17, 15) is 4.79 Å². The molecule has 0 saturated carbocycles. The van der Waals surface area contributed by atoms with Gasteiger partial charge in [-0.05, 0) is 72.6 Å². The third-order valence-electron chi connectivity index (χ3n) is 6.04. The van der Waals surface area contributed by atoms with Gasteiger partial charge >= 0.3 is 0 Å². The van der Waals surface area contributed by atoms with Crippen LogP contribution < -0.4 is 10.5 Å². The first-order valence-electron chi connectivity index (χ1n) is 10.8. The lowest BCUT2D eigenvalue weighted by Crippen LogP contribution is -2.38. The minimum atomic E-state index is -0.169. The highest BCUT2D eigenvalue weighted by molar-refractivity contribution is 5.84. The Labute approximate surface area is 186 Å². The van der Waals surface area contributed by atoms with Crippen LogP contribution in [0.25, 0.3) is 22.0 Å². The highest BCUT2D eigenvalue weighted by Gasteiger charge is 2.22. The quantitative estimate of drug-likeness (QED) is 0.483. The normalized spacial score (nSPS) is 15.1. The smallest absolute Gasteiger partial charge is 0.220 e. The van der Waals surface area contributed by atoms with E-state index in [-0.39, 0.29) is 11.8 Å². The number of carbonyl (C=O) groups is 1. The molecule has 0 unspecified atom stereocenters. The molecular formula is C25H25N5O2. The van der Waals surface area contributed by atoms with Crippen LogP contribution in [0.1, 0.15) is 18.4 Å². The first-order chi connectivity index (χ1) is 15.6. The van der Waals surface area contributed by atoms with E-state index >= 15 is 0 Å². The maximum absolute atomic E-state index is 11.4. The molecule has 1 fully saturated rings. The number of pyridine rings is 1. The summed E-state index contributed by atoms with van der Waals surface area (Å²) < 4.78 is 5.96. The molecule has 3 N–H and O–H groups in total. The number of likely N-dealkylation sites (tertiary alicyclic amines) is 1. The second-order valence-electron chi connectivity index (χ2n) is 8.25. The van der Waals surface area contributed by atoms with Crippen LogP contribution >= 0.6 is 0 Å². The van der Waals surface area contributed by atoms with Gasteiger partial charge in [-0.25, -0.2) is 4.98 Å². The Morgan fingerprint density at radius 3 is 2.59 bits per heavy atom. The number of piperidine rings is 1. The number of rotatable bonds is 6. The number of hydrogen-bond acceptors (Lipinski definition) is 5. The number of primary amides is 1. The van der Waals surface area contributed by atoms with E-state index in [1.54, 1.807) is 12.4 Å². The second kappa shape index (κ2) is 8.80. The lowest BCUT2D eigenvalue weighted by atomic mass is 9.96. The van der Waals surface area contributed by atoms with E-state index < -0.39 is 0 Å². The molecule has 0 aliphatic carbocycles. The van der Waals surface area contributed by atoms with Gasteiger partial charge < -0.3 is 10.5 Å². The molecule has 1 aliphatic rings. The standard InChI is InChI=1S/C25H25N5O2/c26-25(31)18-8-11-30(12-9-18)16-17-1-2-20-14-22(5-3-19(20)13-17)32-24-6-4-21(15-27-24)23-7-10-28-29-23/h1-7,10,13-15,18H,8-9,11-12,16H2,(H2,26,31)(H,28,29). The minimum absolute atomic E-state index is 0.0254. The second-order valence-corrected chi connectivity index (χ2v) is 8.25. The fourth-order valence-corrected chi connectivity index (χ4v) is 4.21. The summed E-state index contributed by atoms with van der Waals surface area (Å²) in [6, 6.07) is 18.3. The molecule has 1 saturated heterocycles. The maximum Gasteiger partial charge on any atom is 0.220 e. The summed E-state index contributed by atoms with van der Waals surface area (Å²) in [6.07, 6.45) is 5.18. The van der Waals surface area contributed by atoms with Gasteiger partial charge in [0.25, 0.3) is 0 Å². The van der Waals surface area contributed by atoms with E-state index in [0.29, 0.717) is 5.88 Å². The Kier molecular flexibility index (Phi) is 5.56. The minimum Gasteiger partial charge on any atom is -0.439 e. The van der Waals surface area contributed by atoms with E-state index in [2.05, 4.69) is 44.3 Å². The lowest BCUT2D eigenvalue weighted by Gasteiger charge is -2.30. The molecule has 32 heavy (non-hydrogen) atoms. The summed E-state index contributed by atoms with van der Waals surface area (Å²) in [5.41, 5.74) is 8.58. The monoisotopic (exact) mass is 427 g/mol. The van der Waals surface area contributed by atoms with Crippen molar-refractivity contribution >= 4 is 16.7 Å². The van der Waals surface area contributed by atoms with Crippen molar-refractivity contribution in [1.82, 2.24) is 20.1 Å². The molecule has 1 amide bonds. The molecule has 0 bridgehead atoms. The summed E-state index contributed by atoms with van der Waals surface area (Å²) in [4.78, 5) is 18.1. The van der Waals surface area contributed by atoms with Crippen LogP contribution in [0.2, 0.25) is 0 Å². The highest BCUT2D eigenvalue weighted by Crippen LogP contribution is 2.27. The van der Waals surface area contributed by atoms with E-state index in [1.165, 1.54) is 10.9 Å². The predicted molar refractivity (Wildman–Crippen MR) is 123 cm³/mol. The van der Waals surface area contributed by atoms with Crippen molar-refractivity contribution in [2.75, 3.05) is 13.1 Å². The van der Waals surface area contributed by atoms with Gasteiger partial charge in [-0.2, -0.15) is 5.10 Å². The molecule has 0 spiro atoms. The Morgan fingerprint density at radius 1 is 1.06 bits per heavy atom. The molecule has 2 aromatic heterocycles. The summed E-state index contributed by atoms with van der Waals surface area (Å²) in [5.74, 6) is 1.15. The van der Waals surface area contributed by atoms with Gasteiger partial charge in [0.15, 0.2) is 0 Å². The van der Waals surface area contributed by atoms with Crippen molar-refractivity contribution in [2.45, 2.75) is 19.4 Å². The summed E-state index contributed by atoms with van der Waals surface area (Å²) in [5, 5.41) is 9.18. The molecule has 2 aromatic carbocycles. The lowest BCUT2D eigenvalue weighted by molar-refractivity contribution is -0.123. The van der Waals surface area contributed by atoms with Crippen LogP contribution in [0.3, 0.4) is 0 Å². The first-order valence-corrected chi connectivity index (χ1v) is 10.8. The van der Waals surface area contributed by atoms with Gasteiger partial charge in [-0.1, -0.05) is 18.2 Å². The Balaban J connectivity index is 1.24. The molecule has 0 atom stereocenters. The number of carbonyl (C=O) groups excluding carboxylic acids is 1. The van der Waals surface area contributed by atoms with Gasteiger partial charge in [0.1, 0.15) is 5.75 Å². The number of nitrogens with one attached hydrogen (secondary N) is 1. The number of benzene rings is 2. The zero-order valence-electron chi connectivity index (χ0n) is 17.7. The average molecular weight is 428 g/mol. The Morgan fingerprint density at radius 2 is 1.88 bits per heavy atom. The molecule has 7 heteroatoms. The molecule has 4 aromatic rings. The van der Waals surface area contributed by atoms with E-state index in [0.717, 1.165) is 54.9 Å². The van der Waals surface area contributed by atoms with Gasteiger partial charge in [0.2, 0.25) is 11.8 Å². The molecule has 0 radical (unpaired) electrons. The van der Waals surface area contributed by atoms with E-state index in [1.807, 2.05) is 30.3 Å². The zero-order chi connectivity index (χ0) is 21.9. The summed E-state index contributed by atoms with van der Waals surface area (Å²) in [6.45, 7) is 2.70. The van der Waals surface area contributed by atoms with Gasteiger partial charge in [-0.3, -0.25) is 14.8 Å². The van der Waals surface area contributed by atoms with E-state index in [4.69, 9.17) is 10.5 Å². The Hall–Kier alpha value is -3.71. The largest absolute Gasteiger partial charge is 0.439 e. The number of aromatic nitrogens is 3. The van der Waals surface area contributed by atoms with Crippen molar-refractivity contribution in [3.63, 3.8) is 0 Å². The van der Waals surface area contributed by atoms with Crippen LogP contribution in [0.15, 0.2) is 67.0 Å². The fraction of sp³-hybridized carbons (Fsp3) is 0.240. The van der Waals surface area contributed by atoms with Gasteiger partial charge in [0, 0.05) is 36.5 Å². The number of hydrogen-bond donors (Lipinski definition) is 2. The number of nitrogens with zero attached hydrogens (tertiary/aromatic N) is 3. The molecule has 1 aliphatic heterocycles. The van der Waals surface area contributed by atoms with Crippen molar-refractivity contribution in [2.24, 2.45) is 11.7 Å². The number of ether oxygens (including phenoxy) is 1. The summed E-state index contributed by atoms with van der Waals surface area (Å²) in [7, 11) is 0. The van der Waals surface area contributed by atoms with Gasteiger partial charge in [-0.15, -0.1) is 0 Å². The zero-order valence-corrected chi connectivity index (χ0v) is 17.7. The molecular weight excluding hydrogens is 402 g/mol. The van der Waals surface area contributed by atoms with Crippen molar-refractivity contribution in [1.29, 1.82) is 0 Å². The number of nitrogens with two attached hydrogens (primary N) is 1. The van der Waals surface area contributed by atoms with Crippen molar-refractivity contribution < 1.29 is 9.53 Å². The third-order valence-corrected chi connectivity index (χ3v) is 6.04. The molecule has 5 rings (SSSR count). The topological polar surface area (TPSA) is 97.1 Å². The molecule has 162 valence electrons. The van der Waals surface area contributed by atoms with Gasteiger partial charge in [0.05, 0.1) is 5.69 Å². The van der Waals surface area contributed by atoms with Crippen LogP contribution in [0, 0.1) is 5.92 Å². The highest BCUT2D eigenvalue weighted by atomic mass is 16.5.